The topological polar surface area (TPSA) is 26.0 Å². The van der Waals surface area contributed by atoms with Crippen LogP contribution in [0.3, 0.4) is 0 Å². The van der Waals surface area contributed by atoms with E-state index in [1.807, 2.05) is 0 Å². The van der Waals surface area contributed by atoms with Gasteiger partial charge in [-0.05, 0) is 24.3 Å². The zero-order valence-electron chi connectivity index (χ0n) is 7.31. The normalized spacial score (nSPS) is 10.4. The third-order valence-corrected chi connectivity index (χ3v) is 3.63. The van der Waals surface area contributed by atoms with Gasteiger partial charge in [-0.25, -0.2) is 0 Å². The van der Waals surface area contributed by atoms with E-state index in [1.54, 1.807) is 23.9 Å². The minimum absolute atomic E-state index is 0.607. The summed E-state index contributed by atoms with van der Waals surface area (Å²) in [7, 11) is 0. The van der Waals surface area contributed by atoms with Crippen LogP contribution in [0, 0.1) is 0 Å². The van der Waals surface area contributed by atoms with Crippen molar-refractivity contribution in [3.05, 3.63) is 22.2 Å². The van der Waals surface area contributed by atoms with E-state index in [0.29, 0.717) is 15.7 Å². The highest BCUT2D eigenvalue weighted by Crippen LogP contribution is 2.36. The highest BCUT2D eigenvalue weighted by molar-refractivity contribution is 7.99. The molecule has 0 fully saturated rings. The molecule has 1 aromatic carbocycles. The molecular weight excluding hydrogens is 225 g/mol. The van der Waals surface area contributed by atoms with Crippen molar-refractivity contribution >= 4 is 40.7 Å². The van der Waals surface area contributed by atoms with E-state index in [2.05, 4.69) is 6.92 Å². The molecule has 1 nitrogen and oxygen atoms in total. The van der Waals surface area contributed by atoms with Gasteiger partial charge in [0.15, 0.2) is 0 Å². The van der Waals surface area contributed by atoms with Gasteiger partial charge >= 0.3 is 0 Å². The fraction of sp³-hybridized carbons (Fsp3) is 0.333. The second-order valence-corrected chi connectivity index (χ2v) is 4.58. The van der Waals surface area contributed by atoms with E-state index < -0.39 is 0 Å². The Morgan fingerprint density at radius 2 is 1.85 bits per heavy atom. The van der Waals surface area contributed by atoms with Crippen LogP contribution < -0.4 is 5.73 Å². The maximum atomic E-state index is 5.99. The summed E-state index contributed by atoms with van der Waals surface area (Å²) in [6.45, 7) is 2.12. The van der Waals surface area contributed by atoms with Crippen molar-refractivity contribution in [1.82, 2.24) is 0 Å². The zero-order valence-corrected chi connectivity index (χ0v) is 9.64. The van der Waals surface area contributed by atoms with Crippen molar-refractivity contribution in [3.8, 4) is 0 Å². The number of hydrogen-bond acceptors (Lipinski definition) is 2. The van der Waals surface area contributed by atoms with E-state index in [0.717, 1.165) is 17.1 Å². The lowest BCUT2D eigenvalue weighted by atomic mass is 10.3. The van der Waals surface area contributed by atoms with Crippen molar-refractivity contribution in [2.75, 3.05) is 11.5 Å². The molecule has 0 radical (unpaired) electrons. The van der Waals surface area contributed by atoms with E-state index in [4.69, 9.17) is 28.9 Å². The monoisotopic (exact) mass is 235 g/mol. The molecule has 0 bridgehead atoms. The Kier molecular flexibility index (Phi) is 4.23. The molecule has 0 amide bonds. The Bertz CT molecular complexity index is 279. The van der Waals surface area contributed by atoms with Gasteiger partial charge < -0.3 is 5.73 Å². The van der Waals surface area contributed by atoms with Crippen molar-refractivity contribution < 1.29 is 0 Å². The van der Waals surface area contributed by atoms with Crippen LogP contribution in [0.25, 0.3) is 0 Å². The molecule has 4 heteroatoms. The molecule has 0 saturated carbocycles. The molecular formula is C9H11Cl2NS. The van der Waals surface area contributed by atoms with E-state index in [1.165, 1.54) is 0 Å². The van der Waals surface area contributed by atoms with Gasteiger partial charge in [-0.2, -0.15) is 0 Å². The summed E-state index contributed by atoms with van der Waals surface area (Å²) >= 11 is 13.6. The lowest BCUT2D eigenvalue weighted by molar-refractivity contribution is 1.10. The zero-order chi connectivity index (χ0) is 9.84. The molecule has 1 aromatic rings. The number of halogens is 2. The van der Waals surface area contributed by atoms with Crippen molar-refractivity contribution in [2.45, 2.75) is 18.2 Å². The van der Waals surface area contributed by atoms with Crippen LogP contribution in [0.15, 0.2) is 17.0 Å². The second kappa shape index (κ2) is 4.99. The number of thioether (sulfide) groups is 1. The lowest BCUT2D eigenvalue weighted by Crippen LogP contribution is -1.87. The van der Waals surface area contributed by atoms with E-state index >= 15 is 0 Å². The molecule has 1 rings (SSSR count). The van der Waals surface area contributed by atoms with Crippen LogP contribution in [-0.2, 0) is 0 Å². The standard InChI is InChI=1S/C9H11Cl2NS/c1-2-3-13-9-7(10)4-6(12)5-8(9)11/h4-5H,2-3,12H2,1H3. The third kappa shape index (κ3) is 2.97. The maximum absolute atomic E-state index is 5.99. The van der Waals surface area contributed by atoms with Gasteiger partial charge in [0, 0.05) is 10.6 Å². The molecule has 0 saturated heterocycles. The van der Waals surface area contributed by atoms with Crippen molar-refractivity contribution in [1.29, 1.82) is 0 Å². The van der Waals surface area contributed by atoms with Crippen LogP contribution in [0.4, 0.5) is 5.69 Å². The molecule has 0 aliphatic rings. The quantitative estimate of drug-likeness (QED) is 0.632. The first-order chi connectivity index (χ1) is 6.15. The van der Waals surface area contributed by atoms with Crippen molar-refractivity contribution in [2.24, 2.45) is 0 Å². The van der Waals surface area contributed by atoms with Gasteiger partial charge in [0.1, 0.15) is 0 Å². The summed E-state index contributed by atoms with van der Waals surface area (Å²) in [6, 6.07) is 3.46. The number of hydrogen-bond donors (Lipinski definition) is 1. The summed E-state index contributed by atoms with van der Waals surface area (Å²) in [5.41, 5.74) is 6.19. The van der Waals surface area contributed by atoms with Gasteiger partial charge in [-0.3, -0.25) is 0 Å². The summed E-state index contributed by atoms with van der Waals surface area (Å²) in [4.78, 5) is 0.930. The number of nitrogens with two attached hydrogens (primary N) is 1. The highest BCUT2D eigenvalue weighted by atomic mass is 35.5. The fourth-order valence-electron chi connectivity index (χ4n) is 0.922. The predicted octanol–water partition coefficient (Wildman–Crippen LogP) is 4.08. The Morgan fingerprint density at radius 3 is 2.31 bits per heavy atom. The molecule has 72 valence electrons. The first kappa shape index (κ1) is 11.0. The number of rotatable bonds is 3. The average Bonchev–Trinajstić information content (AvgIpc) is 2.02. The minimum atomic E-state index is 0.607. The third-order valence-electron chi connectivity index (χ3n) is 1.47. The molecule has 0 heterocycles. The molecule has 0 aliphatic heterocycles. The smallest absolute Gasteiger partial charge is 0.0577 e. The lowest BCUT2D eigenvalue weighted by Gasteiger charge is -2.06. The summed E-state index contributed by atoms with van der Waals surface area (Å²) in [5, 5.41) is 1.28. The molecule has 0 aromatic heterocycles. The van der Waals surface area contributed by atoms with Gasteiger partial charge in [0.2, 0.25) is 0 Å². The summed E-state index contributed by atoms with van der Waals surface area (Å²) in [5.74, 6) is 1.02. The molecule has 0 atom stereocenters. The van der Waals surface area contributed by atoms with Crippen LogP contribution in [0.5, 0.6) is 0 Å². The molecule has 0 spiro atoms. The summed E-state index contributed by atoms with van der Waals surface area (Å²) < 4.78 is 0. The molecule has 0 aliphatic carbocycles. The number of nitrogen functional groups attached to an aromatic ring is 1. The Morgan fingerprint density at radius 1 is 1.31 bits per heavy atom. The number of anilines is 1. The Labute approximate surface area is 92.6 Å². The predicted molar refractivity (Wildman–Crippen MR) is 61.9 cm³/mol. The fourth-order valence-corrected chi connectivity index (χ4v) is 2.55. The first-order valence-electron chi connectivity index (χ1n) is 4.02. The minimum Gasteiger partial charge on any atom is -0.399 e. The molecule has 0 unspecified atom stereocenters. The van der Waals surface area contributed by atoms with Crippen LogP contribution >= 0.6 is 35.0 Å². The highest BCUT2D eigenvalue weighted by Gasteiger charge is 2.06. The first-order valence-corrected chi connectivity index (χ1v) is 5.76. The van der Waals surface area contributed by atoms with Gasteiger partial charge in [-0.1, -0.05) is 30.1 Å². The van der Waals surface area contributed by atoms with E-state index in [-0.39, 0.29) is 0 Å². The van der Waals surface area contributed by atoms with Crippen molar-refractivity contribution in [3.63, 3.8) is 0 Å². The molecule has 2 N–H and O–H groups in total. The largest absolute Gasteiger partial charge is 0.399 e. The SMILES string of the molecule is CCCSc1c(Cl)cc(N)cc1Cl. The Hall–Kier alpha value is -0.0500. The van der Waals surface area contributed by atoms with E-state index in [9.17, 15) is 0 Å². The number of benzene rings is 1. The Balaban J connectivity index is 2.92. The van der Waals surface area contributed by atoms with Crippen LogP contribution in [0.2, 0.25) is 10.0 Å². The van der Waals surface area contributed by atoms with Gasteiger partial charge in [-0.15, -0.1) is 11.8 Å². The summed E-state index contributed by atoms with van der Waals surface area (Å²) in [6.07, 6.45) is 1.10. The van der Waals surface area contributed by atoms with Gasteiger partial charge in [0.25, 0.3) is 0 Å². The van der Waals surface area contributed by atoms with Gasteiger partial charge in [0.05, 0.1) is 10.0 Å². The second-order valence-electron chi connectivity index (χ2n) is 2.66. The maximum Gasteiger partial charge on any atom is 0.0577 e. The molecule has 13 heavy (non-hydrogen) atoms. The average molecular weight is 236 g/mol. The van der Waals surface area contributed by atoms with Crippen LogP contribution in [0.1, 0.15) is 13.3 Å². The van der Waals surface area contributed by atoms with Crippen LogP contribution in [-0.4, -0.2) is 5.75 Å².